The van der Waals surface area contributed by atoms with Gasteiger partial charge in [0.2, 0.25) is 5.13 Å². The number of nitrogens with zero attached hydrogens (tertiary/aromatic N) is 3. The lowest BCUT2D eigenvalue weighted by atomic mass is 9.82. The predicted molar refractivity (Wildman–Crippen MR) is 339 cm³/mol. The van der Waals surface area contributed by atoms with Crippen LogP contribution in [0.3, 0.4) is 0 Å². The Morgan fingerprint density at radius 3 is 1.48 bits per heavy atom. The summed E-state index contributed by atoms with van der Waals surface area (Å²) >= 11 is 1.53. The van der Waals surface area contributed by atoms with Crippen LogP contribution in [-0.2, 0) is 38.2 Å². The highest BCUT2D eigenvalue weighted by Crippen LogP contribution is 2.36. The third-order valence-electron chi connectivity index (χ3n) is 15.3. The van der Waals surface area contributed by atoms with Gasteiger partial charge in [0.1, 0.15) is 34.5 Å². The van der Waals surface area contributed by atoms with E-state index in [9.17, 15) is 28.8 Å². The van der Waals surface area contributed by atoms with Gasteiger partial charge in [-0.1, -0.05) is 56.4 Å². The van der Waals surface area contributed by atoms with Crippen molar-refractivity contribution < 1.29 is 66.7 Å². The third kappa shape index (κ3) is 23.1. The summed E-state index contributed by atoms with van der Waals surface area (Å²) in [7, 11) is 0. The number of para-hydroxylation sites is 1. The molecule has 2 aliphatic carbocycles. The van der Waals surface area contributed by atoms with Gasteiger partial charge in [0.15, 0.2) is 0 Å². The number of carbonyl (C=O) groups is 6. The van der Waals surface area contributed by atoms with Gasteiger partial charge < -0.3 is 37.9 Å². The van der Waals surface area contributed by atoms with E-state index in [1.807, 2.05) is 36.2 Å². The van der Waals surface area contributed by atoms with Gasteiger partial charge in [-0.05, 0) is 194 Å². The quantitative estimate of drug-likeness (QED) is 0.00703. The Morgan fingerprint density at radius 1 is 0.534 bits per heavy atom. The lowest BCUT2D eigenvalue weighted by Gasteiger charge is -2.26. The minimum absolute atomic E-state index is 0.235. The first kappa shape index (κ1) is 67.2. The molecule has 5 aromatic rings. The van der Waals surface area contributed by atoms with E-state index < -0.39 is 41.6 Å². The Balaban J connectivity index is 0.929. The fourth-order valence-corrected chi connectivity index (χ4v) is 11.2. The molecule has 4 aromatic carbocycles. The summed E-state index contributed by atoms with van der Waals surface area (Å²) in [5, 5.41) is 7.54. The molecule has 0 bridgehead atoms. The fourth-order valence-electron chi connectivity index (χ4n) is 10.2. The molecule has 0 radical (unpaired) electrons. The van der Waals surface area contributed by atoms with E-state index in [0.29, 0.717) is 118 Å². The summed E-state index contributed by atoms with van der Waals surface area (Å²) in [6, 6.07) is 26.7. The molecule has 0 amide bonds. The zero-order valence-corrected chi connectivity index (χ0v) is 51.5. The molecule has 0 N–H and O–H groups in total. The molecule has 1 heterocycles. The molecule has 2 saturated carbocycles. The molecule has 0 unspecified atom stereocenters. The van der Waals surface area contributed by atoms with E-state index in [-0.39, 0.29) is 29.4 Å². The molecule has 0 spiro atoms. The van der Waals surface area contributed by atoms with Gasteiger partial charge in [0.05, 0.1) is 66.5 Å². The van der Waals surface area contributed by atoms with Crippen LogP contribution >= 0.6 is 11.3 Å². The van der Waals surface area contributed by atoms with E-state index in [0.717, 1.165) is 112 Å². The molecule has 1 aromatic heterocycles. The van der Waals surface area contributed by atoms with Crippen LogP contribution in [0.4, 0.5) is 5.13 Å². The second kappa shape index (κ2) is 37.4. The number of ether oxygens (including phenoxy) is 8. The van der Waals surface area contributed by atoms with E-state index >= 15 is 0 Å². The standard InChI is InChI=1S/C70H83N3O14S/c1-4-7-8-9-10-11-12-19-44-73(70-72-61-24-17-18-25-63(61)88-70)71-50-55-49-60(86-68(78)53-28-26-51(27-29-53)66(76)84-58-38-34-56(35-39-58)80-45-20-13-15-22-47-82-64(74)5-2)42-43-62(55)87-69(79)54-32-30-52(31-33-54)67(77)85-59-40-36-57(37-41-59)81-46-21-14-16-23-48-83-65(75)6-3/h5-6,17-18,24-25,34-43,49-54H,2-4,9-16,19-23,26-33,44-48H2,1H3/b71-50+. The lowest BCUT2D eigenvalue weighted by molar-refractivity contribution is -0.145. The third-order valence-corrected chi connectivity index (χ3v) is 16.3. The van der Waals surface area contributed by atoms with Gasteiger partial charge in [-0.25, -0.2) is 19.6 Å². The van der Waals surface area contributed by atoms with Crippen molar-refractivity contribution in [2.75, 3.05) is 38.0 Å². The Morgan fingerprint density at radius 2 is 0.977 bits per heavy atom. The fraction of sp³-hybridized carbons (Fsp3) is 0.457. The molecule has 0 atom stereocenters. The van der Waals surface area contributed by atoms with E-state index in [2.05, 4.69) is 25.0 Å². The number of anilines is 1. The molecule has 2 fully saturated rings. The highest BCUT2D eigenvalue weighted by atomic mass is 32.1. The molecule has 468 valence electrons. The minimum atomic E-state index is -0.473. The van der Waals surface area contributed by atoms with Gasteiger partial charge in [0, 0.05) is 37.1 Å². The van der Waals surface area contributed by atoms with Crippen LogP contribution in [0.2, 0.25) is 0 Å². The monoisotopic (exact) mass is 1220 g/mol. The van der Waals surface area contributed by atoms with Crippen molar-refractivity contribution in [2.24, 2.45) is 28.8 Å². The van der Waals surface area contributed by atoms with E-state index in [1.165, 1.54) is 11.3 Å². The zero-order valence-electron chi connectivity index (χ0n) is 50.7. The van der Waals surface area contributed by atoms with Crippen LogP contribution in [0.1, 0.15) is 154 Å². The molecule has 0 aliphatic heterocycles. The van der Waals surface area contributed by atoms with Crippen LogP contribution in [0, 0.1) is 35.5 Å². The van der Waals surface area contributed by atoms with Gasteiger partial charge in [-0.2, -0.15) is 5.10 Å². The van der Waals surface area contributed by atoms with Crippen molar-refractivity contribution in [3.63, 3.8) is 0 Å². The Bertz CT molecular complexity index is 3120. The summed E-state index contributed by atoms with van der Waals surface area (Å²) < 4.78 is 46.5. The minimum Gasteiger partial charge on any atom is -0.494 e. The Hall–Kier alpha value is -8.30. The molecular weight excluding hydrogens is 1140 g/mol. The average Bonchev–Trinajstić information content (AvgIpc) is 3.09. The van der Waals surface area contributed by atoms with Crippen molar-refractivity contribution in [2.45, 2.75) is 148 Å². The number of aromatic nitrogens is 1. The molecule has 88 heavy (non-hydrogen) atoms. The smallest absolute Gasteiger partial charge is 0.330 e. The number of esters is 6. The number of hydrogen-bond donors (Lipinski definition) is 0. The molecule has 2 aliphatic rings. The van der Waals surface area contributed by atoms with Crippen LogP contribution in [-0.4, -0.2) is 80.0 Å². The number of benzene rings is 4. The summed E-state index contributed by atoms with van der Waals surface area (Å²) in [6.45, 7) is 11.2. The SMILES string of the molecule is C=CC(=O)OCCCCCCOc1ccc(OC(=O)C2CCC(C(=O)Oc3ccc(OC(=O)C4CCC(C(=O)Oc5ccc(OCCCCCCOC(=O)C=C)cc5)CC4)c(/C=N/N(CCCCCCC#CCC)c4nc5ccccc5s4)c3)CC2)cc1. The molecule has 0 saturated heterocycles. The van der Waals surface area contributed by atoms with Gasteiger partial charge in [0.25, 0.3) is 0 Å². The molecule has 18 heteroatoms. The second-order valence-corrected chi connectivity index (χ2v) is 22.9. The van der Waals surface area contributed by atoms with E-state index in [1.54, 1.807) is 72.9 Å². The van der Waals surface area contributed by atoms with Crippen molar-refractivity contribution >= 4 is 68.7 Å². The van der Waals surface area contributed by atoms with Crippen molar-refractivity contribution in [1.29, 1.82) is 0 Å². The second-order valence-electron chi connectivity index (χ2n) is 21.9. The summed E-state index contributed by atoms with van der Waals surface area (Å²) in [4.78, 5) is 81.8. The number of carbonyl (C=O) groups excluding carboxylic acids is 6. The van der Waals surface area contributed by atoms with Crippen molar-refractivity contribution in [1.82, 2.24) is 4.98 Å². The maximum Gasteiger partial charge on any atom is 0.330 e. The van der Waals surface area contributed by atoms with Crippen LogP contribution in [0.15, 0.2) is 121 Å². The number of hydrazone groups is 1. The molecule has 7 rings (SSSR count). The zero-order chi connectivity index (χ0) is 62.1. The van der Waals surface area contributed by atoms with Gasteiger partial charge >= 0.3 is 35.8 Å². The summed E-state index contributed by atoms with van der Waals surface area (Å²) in [6.07, 6.45) is 19.9. The maximum absolute atomic E-state index is 14.0. The number of thiazole rings is 1. The Labute approximate surface area is 521 Å². The molecule has 17 nitrogen and oxygen atoms in total. The highest BCUT2D eigenvalue weighted by Gasteiger charge is 2.34. The number of fused-ring (bicyclic) bond motifs is 1. The maximum atomic E-state index is 14.0. The Kier molecular flexibility index (Phi) is 28.6. The van der Waals surface area contributed by atoms with Crippen molar-refractivity contribution in [3.05, 3.63) is 122 Å². The van der Waals surface area contributed by atoms with Gasteiger partial charge in [-0.3, -0.25) is 19.2 Å². The summed E-state index contributed by atoms with van der Waals surface area (Å²) in [5.74, 6) is 4.89. The van der Waals surface area contributed by atoms with Gasteiger partial charge in [-0.15, -0.1) is 11.8 Å². The van der Waals surface area contributed by atoms with Crippen LogP contribution < -0.4 is 33.4 Å². The first-order valence-corrected chi connectivity index (χ1v) is 32.0. The first-order valence-electron chi connectivity index (χ1n) is 31.2. The highest BCUT2D eigenvalue weighted by molar-refractivity contribution is 7.22. The number of hydrogen-bond acceptors (Lipinski definition) is 18. The molecular formula is C70H83N3O14S. The first-order chi connectivity index (χ1) is 43.0. The van der Waals surface area contributed by atoms with Crippen molar-refractivity contribution in [3.8, 4) is 46.3 Å². The number of rotatable bonds is 35. The normalized spacial score (nSPS) is 16.3. The van der Waals surface area contributed by atoms with Crippen LogP contribution in [0.25, 0.3) is 10.2 Å². The summed E-state index contributed by atoms with van der Waals surface area (Å²) in [5.41, 5.74) is 1.27. The van der Waals surface area contributed by atoms with Crippen LogP contribution in [0.5, 0.6) is 34.5 Å². The topological polar surface area (TPSA) is 205 Å². The lowest BCUT2D eigenvalue weighted by Crippen LogP contribution is -2.30. The predicted octanol–water partition coefficient (Wildman–Crippen LogP) is 14.5. The largest absolute Gasteiger partial charge is 0.494 e. The average molecular weight is 1220 g/mol. The number of unbranched alkanes of at least 4 members (excludes halogenated alkanes) is 10. The van der Waals surface area contributed by atoms with E-state index in [4.69, 9.17) is 48.0 Å².